The molecule has 0 saturated heterocycles. The van der Waals surface area contributed by atoms with E-state index in [0.717, 1.165) is 22.8 Å². The van der Waals surface area contributed by atoms with Crippen LogP contribution in [0.4, 0.5) is 11.4 Å². The van der Waals surface area contributed by atoms with Gasteiger partial charge in [-0.1, -0.05) is 128 Å². The molecule has 0 radical (unpaired) electrons. The van der Waals surface area contributed by atoms with Crippen LogP contribution in [0.15, 0.2) is 59.9 Å². The number of para-hydroxylation sites is 2. The second-order valence-electron chi connectivity index (χ2n) is 11.3. The fraction of sp³-hybridized carbons (Fsp3) is 0.471. The number of benzene rings is 2. The van der Waals surface area contributed by atoms with Crippen molar-refractivity contribution in [2.75, 3.05) is 0 Å². The molecule has 0 fully saturated rings. The molecule has 0 saturated carbocycles. The summed E-state index contributed by atoms with van der Waals surface area (Å²) in [6.45, 7) is 24.2. The van der Waals surface area contributed by atoms with Gasteiger partial charge in [-0.25, -0.2) is 0 Å². The zero-order chi connectivity index (χ0) is 31.9. The Morgan fingerprint density at radius 1 is 0.585 bits per heavy atom. The van der Waals surface area contributed by atoms with Gasteiger partial charge in [0.05, 0.1) is 0 Å². The zero-order valence-electron chi connectivity index (χ0n) is 26.7. The molecule has 230 valence electrons. The molecule has 0 atom stereocenters. The number of hydrogen-bond acceptors (Lipinski definition) is 2. The zero-order valence-corrected chi connectivity index (χ0v) is 29.4. The molecule has 0 aliphatic carbocycles. The van der Waals surface area contributed by atoms with Crippen molar-refractivity contribution in [1.29, 1.82) is 0 Å². The molecule has 7 heteroatoms. The summed E-state index contributed by atoms with van der Waals surface area (Å²) >= 11 is 0.194. The minimum absolute atomic E-state index is 0.0365. The minimum atomic E-state index is 0.0365. The van der Waals surface area contributed by atoms with E-state index in [1.807, 2.05) is 13.8 Å². The van der Waals surface area contributed by atoms with Crippen molar-refractivity contribution in [3.63, 3.8) is 0 Å². The van der Waals surface area contributed by atoms with Crippen LogP contribution in [0.25, 0.3) is 10.6 Å². The molecule has 2 aromatic rings. The van der Waals surface area contributed by atoms with Gasteiger partial charge in [0, 0.05) is 0 Å². The molecule has 2 rings (SSSR count). The Labute approximate surface area is 264 Å². The molecule has 0 unspecified atom stereocenters. The summed E-state index contributed by atoms with van der Waals surface area (Å²) in [5, 5.41) is 9.36. The van der Waals surface area contributed by atoms with Gasteiger partial charge in [-0.15, -0.1) is 11.4 Å². The molecule has 0 heterocycles. The average Bonchev–Trinajstić information content (AvgIpc) is 2.83. The molecule has 0 N–H and O–H groups in total. The second-order valence-corrected chi connectivity index (χ2v) is 13.1. The maximum atomic E-state index is 11.1. The predicted octanol–water partition coefficient (Wildman–Crippen LogP) is 12.2. The quantitative estimate of drug-likeness (QED) is 0.191. The van der Waals surface area contributed by atoms with Crippen molar-refractivity contribution < 1.29 is 22.7 Å². The van der Waals surface area contributed by atoms with Crippen LogP contribution in [0.1, 0.15) is 129 Å². The van der Waals surface area contributed by atoms with E-state index in [9.17, 15) is 9.59 Å². The predicted molar refractivity (Wildman–Crippen MR) is 176 cm³/mol. The van der Waals surface area contributed by atoms with Crippen LogP contribution in [0.3, 0.4) is 0 Å². The molecule has 0 aliphatic rings. The maximum absolute atomic E-state index is 11.1. The fourth-order valence-corrected chi connectivity index (χ4v) is 4.29. The van der Waals surface area contributed by atoms with Gasteiger partial charge in [-0.05, 0) is 49.7 Å². The van der Waals surface area contributed by atoms with Crippen LogP contribution in [0.5, 0.6) is 0 Å². The van der Waals surface area contributed by atoms with Crippen LogP contribution in [0, 0.1) is 0 Å². The molecule has 0 aromatic heterocycles. The van der Waals surface area contributed by atoms with Gasteiger partial charge in [0.25, 0.3) is 0 Å². The van der Waals surface area contributed by atoms with E-state index in [2.05, 4.69) is 102 Å². The van der Waals surface area contributed by atoms with Crippen molar-refractivity contribution in [2.45, 2.75) is 107 Å². The molecular formula is C34H48Cl2FeN2O2-2. The number of carbonyl (C=O) groups is 2. The van der Waals surface area contributed by atoms with Gasteiger partial charge < -0.3 is 10.6 Å². The summed E-state index contributed by atoms with van der Waals surface area (Å²) in [4.78, 5) is 22.3. The Kier molecular flexibility index (Phi) is 19.0. The van der Waals surface area contributed by atoms with Gasteiger partial charge in [0.2, 0.25) is 0 Å². The van der Waals surface area contributed by atoms with E-state index in [1.165, 1.54) is 22.3 Å². The summed E-state index contributed by atoms with van der Waals surface area (Å²) in [6.07, 6.45) is 3.17. The van der Waals surface area contributed by atoms with E-state index in [0.29, 0.717) is 23.7 Å². The van der Waals surface area contributed by atoms with E-state index < -0.39 is 0 Å². The molecule has 0 aliphatic heterocycles. The number of hydrogen-bond donors (Lipinski definition) is 0. The Hall–Kier alpha value is -2.04. The van der Waals surface area contributed by atoms with Crippen LogP contribution >= 0.6 is 20.2 Å². The van der Waals surface area contributed by atoms with E-state index in [1.54, 1.807) is 26.0 Å². The molecule has 0 amide bonds. The first-order valence-corrected chi connectivity index (χ1v) is 17.0. The van der Waals surface area contributed by atoms with Crippen molar-refractivity contribution in [3.05, 3.63) is 92.8 Å². The Bertz CT molecular complexity index is 1040. The third-order valence-corrected chi connectivity index (χ3v) is 6.09. The van der Waals surface area contributed by atoms with Crippen LogP contribution < -0.4 is 0 Å². The molecule has 41 heavy (non-hydrogen) atoms. The van der Waals surface area contributed by atoms with Gasteiger partial charge in [-0.3, -0.25) is 9.59 Å². The summed E-state index contributed by atoms with van der Waals surface area (Å²) < 4.78 is 0. The van der Waals surface area contributed by atoms with E-state index in [4.69, 9.17) is 20.2 Å². The third kappa shape index (κ3) is 14.6. The SMILES string of the molecule is CC(=O)/C=C(/C)[N-]c1c(C(C)C)cccc1C(C)C.CC(=O)/C=C(/C)[N-]c1c(C(C)C)cccc1C(C)C.[Cl][Fe][Cl]. The Balaban J connectivity index is 0.000000712. The van der Waals surface area contributed by atoms with Crippen LogP contribution in [-0.2, 0) is 22.7 Å². The number of carbonyl (C=O) groups excluding carboxylic acids is 2. The number of allylic oxidation sites excluding steroid dienone is 4. The van der Waals surface area contributed by atoms with Gasteiger partial charge >= 0.3 is 33.3 Å². The van der Waals surface area contributed by atoms with Crippen molar-refractivity contribution in [2.24, 2.45) is 0 Å². The van der Waals surface area contributed by atoms with Crippen molar-refractivity contribution in [3.8, 4) is 0 Å². The number of ketones is 2. The number of halogens is 2. The summed E-state index contributed by atoms with van der Waals surface area (Å²) in [6, 6.07) is 12.7. The first-order valence-electron chi connectivity index (χ1n) is 14.0. The summed E-state index contributed by atoms with van der Waals surface area (Å²) in [5.41, 5.74) is 8.55. The standard InChI is InChI=1S/2C17H25NO.2ClH.Fe/c2*1-11(2)15-8-7-9-16(12(3)4)17(15)18-13(5)10-14(6)19;;;/h2*7-12H,1-6H3,(H,18,19);2*1H;/q;;;;+2/p-4. The summed E-state index contributed by atoms with van der Waals surface area (Å²) in [7, 11) is 9.53. The Morgan fingerprint density at radius 2 is 0.805 bits per heavy atom. The molecule has 0 spiro atoms. The fourth-order valence-electron chi connectivity index (χ4n) is 4.29. The monoisotopic (exact) mass is 642 g/mol. The average molecular weight is 644 g/mol. The van der Waals surface area contributed by atoms with Gasteiger partial charge in [0.15, 0.2) is 11.6 Å². The van der Waals surface area contributed by atoms with Crippen LogP contribution in [-0.4, -0.2) is 11.6 Å². The van der Waals surface area contributed by atoms with Gasteiger partial charge in [0.1, 0.15) is 0 Å². The number of nitrogens with zero attached hydrogens (tertiary/aromatic N) is 2. The first kappa shape index (κ1) is 39.0. The van der Waals surface area contributed by atoms with E-state index in [-0.39, 0.29) is 24.7 Å². The first-order chi connectivity index (χ1) is 19.1. The molecule has 4 nitrogen and oxygen atoms in total. The van der Waals surface area contributed by atoms with E-state index >= 15 is 0 Å². The topological polar surface area (TPSA) is 62.3 Å². The van der Waals surface area contributed by atoms with Gasteiger partial charge in [-0.2, -0.15) is 11.4 Å². The van der Waals surface area contributed by atoms with Crippen molar-refractivity contribution in [1.82, 2.24) is 0 Å². The molecule has 0 bridgehead atoms. The normalized spacial score (nSPS) is 11.8. The number of rotatable bonds is 10. The molecule has 2 aromatic carbocycles. The van der Waals surface area contributed by atoms with Crippen molar-refractivity contribution >= 4 is 43.1 Å². The van der Waals surface area contributed by atoms with Crippen LogP contribution in [0.2, 0.25) is 0 Å². The molecular weight excluding hydrogens is 595 g/mol. The second kappa shape index (κ2) is 20.0. The third-order valence-electron chi connectivity index (χ3n) is 6.09. The Morgan fingerprint density at radius 3 is 0.976 bits per heavy atom. The summed E-state index contributed by atoms with van der Waals surface area (Å²) in [5.74, 6) is 1.75.